The van der Waals surface area contributed by atoms with Gasteiger partial charge in [0.2, 0.25) is 0 Å². The molecule has 190 valence electrons. The van der Waals surface area contributed by atoms with Crippen molar-refractivity contribution < 1.29 is 4.57 Å². The zero-order valence-corrected chi connectivity index (χ0v) is 26.0. The minimum absolute atomic E-state index is 0.276. The molecular weight excluding hydrogens is 582 g/mol. The summed E-state index contributed by atoms with van der Waals surface area (Å²) in [5.74, 6) is 0. The molecule has 0 N–H and O–H groups in total. The van der Waals surface area contributed by atoms with Crippen molar-refractivity contribution in [2.45, 2.75) is 54.0 Å². The summed E-state index contributed by atoms with van der Waals surface area (Å²) < 4.78 is 8.39. The third kappa shape index (κ3) is 5.89. The third-order valence-corrected chi connectivity index (χ3v) is 11.7. The van der Waals surface area contributed by atoms with Gasteiger partial charge in [-0.25, -0.2) is 0 Å². The molecule has 0 atom stereocenters. The van der Waals surface area contributed by atoms with E-state index in [2.05, 4.69) is 129 Å². The molecule has 37 heavy (non-hydrogen) atoms. The zero-order chi connectivity index (χ0) is 26.0. The molecule has 2 aliphatic rings. The molecule has 4 heteroatoms. The van der Waals surface area contributed by atoms with Crippen molar-refractivity contribution >= 4 is 55.5 Å². The summed E-state index contributed by atoms with van der Waals surface area (Å²) >= 11 is 0.766. The predicted octanol–water partition coefficient (Wildman–Crippen LogP) is 6.47. The SMILES string of the molecule is CCN1/C(=C/C2=CC(=C/C=C/C=C/c3[se]c4ccccc4[n+]3CC)/CC(C)(C)C2)[Se]c2ccc(C)cc21. The van der Waals surface area contributed by atoms with Crippen LogP contribution in [0, 0.1) is 12.3 Å². The molecule has 0 spiro atoms. The Bertz CT molecular complexity index is 1460. The van der Waals surface area contributed by atoms with Gasteiger partial charge in [0, 0.05) is 0 Å². The number of fused-ring (bicyclic) bond motifs is 2. The molecule has 0 unspecified atom stereocenters. The average Bonchev–Trinajstić information content (AvgIpc) is 3.39. The topological polar surface area (TPSA) is 7.12 Å². The Labute approximate surface area is 234 Å². The van der Waals surface area contributed by atoms with Gasteiger partial charge in [0.05, 0.1) is 0 Å². The molecule has 0 radical (unpaired) electrons. The Balaban J connectivity index is 1.35. The van der Waals surface area contributed by atoms with E-state index in [9.17, 15) is 0 Å². The van der Waals surface area contributed by atoms with E-state index in [-0.39, 0.29) is 5.41 Å². The summed E-state index contributed by atoms with van der Waals surface area (Å²) in [5.41, 5.74) is 7.31. The van der Waals surface area contributed by atoms with Gasteiger partial charge in [0.1, 0.15) is 0 Å². The summed E-state index contributed by atoms with van der Waals surface area (Å²) in [4.78, 5) is 2.53. The first kappa shape index (κ1) is 26.3. The number of nitrogens with zero attached hydrogens (tertiary/aromatic N) is 2. The van der Waals surface area contributed by atoms with E-state index in [0.717, 1.165) is 25.9 Å². The van der Waals surface area contributed by atoms with Gasteiger partial charge in [-0.1, -0.05) is 0 Å². The van der Waals surface area contributed by atoms with Crippen LogP contribution in [0.3, 0.4) is 0 Å². The van der Waals surface area contributed by atoms with E-state index in [1.165, 1.54) is 45.8 Å². The number of allylic oxidation sites excluding steroid dienone is 8. The van der Waals surface area contributed by atoms with Crippen LogP contribution < -0.4 is 13.9 Å². The fourth-order valence-electron chi connectivity index (χ4n) is 5.40. The van der Waals surface area contributed by atoms with E-state index in [1.807, 2.05) is 0 Å². The first-order valence-corrected chi connectivity index (χ1v) is 16.7. The number of aromatic nitrogens is 1. The quantitative estimate of drug-likeness (QED) is 0.175. The van der Waals surface area contributed by atoms with E-state index >= 15 is 0 Å². The predicted molar refractivity (Wildman–Crippen MR) is 162 cm³/mol. The molecule has 0 bridgehead atoms. The number of hydrogen-bond acceptors (Lipinski definition) is 1. The minimum atomic E-state index is 0.276. The molecule has 2 heterocycles. The Morgan fingerprint density at radius 1 is 1.03 bits per heavy atom. The van der Waals surface area contributed by atoms with E-state index in [4.69, 9.17) is 0 Å². The van der Waals surface area contributed by atoms with Crippen LogP contribution >= 0.6 is 0 Å². The molecule has 0 amide bonds. The Hall–Kier alpha value is -2.35. The van der Waals surface area contributed by atoms with E-state index < -0.39 is 0 Å². The Kier molecular flexibility index (Phi) is 7.93. The zero-order valence-electron chi connectivity index (χ0n) is 22.6. The summed E-state index contributed by atoms with van der Waals surface area (Å²) in [6.07, 6.45) is 18.4. The van der Waals surface area contributed by atoms with Crippen LogP contribution in [0.25, 0.3) is 15.9 Å². The van der Waals surface area contributed by atoms with E-state index in [1.54, 1.807) is 0 Å². The molecule has 0 saturated heterocycles. The van der Waals surface area contributed by atoms with E-state index in [0.29, 0.717) is 29.5 Å². The molecule has 2 aromatic carbocycles. The van der Waals surface area contributed by atoms with Crippen LogP contribution in [0.15, 0.2) is 94.7 Å². The van der Waals surface area contributed by atoms with Gasteiger partial charge in [-0.2, -0.15) is 0 Å². The molecule has 1 aliphatic carbocycles. The van der Waals surface area contributed by atoms with Crippen molar-refractivity contribution in [3.8, 4) is 0 Å². The first-order chi connectivity index (χ1) is 17.9. The Morgan fingerprint density at radius 3 is 2.68 bits per heavy atom. The molecular formula is C33H37N2Se2+. The van der Waals surface area contributed by atoms with Crippen molar-refractivity contribution in [3.63, 3.8) is 0 Å². The molecule has 1 aliphatic heterocycles. The molecule has 1 aromatic heterocycles. The molecule has 2 nitrogen and oxygen atoms in total. The van der Waals surface area contributed by atoms with Gasteiger partial charge in [-0.15, -0.1) is 0 Å². The number of para-hydroxylation sites is 1. The second-order valence-electron chi connectivity index (χ2n) is 10.7. The van der Waals surface area contributed by atoms with Gasteiger partial charge in [0.15, 0.2) is 0 Å². The van der Waals surface area contributed by atoms with Gasteiger partial charge in [-0.05, 0) is 0 Å². The van der Waals surface area contributed by atoms with Crippen molar-refractivity contribution in [2.75, 3.05) is 11.4 Å². The normalized spacial score (nSPS) is 19.6. The van der Waals surface area contributed by atoms with Crippen LogP contribution in [-0.4, -0.2) is 36.0 Å². The monoisotopic (exact) mass is 621 g/mol. The average molecular weight is 620 g/mol. The number of rotatable bonds is 6. The van der Waals surface area contributed by atoms with Crippen LogP contribution in [0.1, 0.15) is 50.7 Å². The van der Waals surface area contributed by atoms with Crippen LogP contribution in [0.4, 0.5) is 5.69 Å². The maximum atomic E-state index is 2.53. The van der Waals surface area contributed by atoms with Gasteiger partial charge >= 0.3 is 236 Å². The van der Waals surface area contributed by atoms with Crippen molar-refractivity contribution in [1.29, 1.82) is 0 Å². The second kappa shape index (κ2) is 11.2. The Morgan fingerprint density at radius 2 is 1.86 bits per heavy atom. The van der Waals surface area contributed by atoms with Gasteiger partial charge in [-0.3, -0.25) is 0 Å². The standard InChI is InChI=1S/C33H37N2Se2/c1-6-34-27-14-11-12-15-29(27)36-31(34)16-10-8-9-13-25-20-26(23-33(4,5)22-25)21-32-35(7-2)28-19-24(3)17-18-30(28)37-32/h8-21H,6-7,22-23H2,1-5H3/q+1. The van der Waals surface area contributed by atoms with Gasteiger partial charge in [0.25, 0.3) is 0 Å². The summed E-state index contributed by atoms with van der Waals surface area (Å²) in [5, 5.41) is 0. The summed E-state index contributed by atoms with van der Waals surface area (Å²) in [6.45, 7) is 13.6. The van der Waals surface area contributed by atoms with Crippen molar-refractivity contribution in [3.05, 3.63) is 105 Å². The van der Waals surface area contributed by atoms with Crippen molar-refractivity contribution in [1.82, 2.24) is 0 Å². The van der Waals surface area contributed by atoms with Gasteiger partial charge < -0.3 is 0 Å². The molecule has 0 fully saturated rings. The van der Waals surface area contributed by atoms with Crippen LogP contribution in [0.2, 0.25) is 0 Å². The van der Waals surface area contributed by atoms with Crippen molar-refractivity contribution in [2.24, 2.45) is 5.41 Å². The summed E-state index contributed by atoms with van der Waals surface area (Å²) in [7, 11) is 0. The third-order valence-electron chi connectivity index (χ3n) is 6.97. The maximum absolute atomic E-state index is 2.53. The summed E-state index contributed by atoms with van der Waals surface area (Å²) in [6, 6.07) is 15.8. The first-order valence-electron chi connectivity index (χ1n) is 13.3. The molecule has 5 rings (SSSR count). The number of hydrogen-bond donors (Lipinski definition) is 0. The van der Waals surface area contributed by atoms with Crippen LogP contribution in [-0.2, 0) is 6.54 Å². The number of anilines is 1. The second-order valence-corrected chi connectivity index (χ2v) is 15.1. The number of aryl methyl sites for hydroxylation is 2. The fraction of sp³-hybridized carbons (Fsp3) is 0.303. The molecule has 3 aromatic rings. The van der Waals surface area contributed by atoms with Crippen LogP contribution in [0.5, 0.6) is 0 Å². The number of benzene rings is 2. The molecule has 0 saturated carbocycles. The fourth-order valence-corrected chi connectivity index (χ4v) is 10.3.